The van der Waals surface area contributed by atoms with Crippen molar-refractivity contribution in [3.05, 3.63) is 48.0 Å². The third-order valence-electron chi connectivity index (χ3n) is 3.86. The van der Waals surface area contributed by atoms with Crippen molar-refractivity contribution in [1.82, 2.24) is 9.97 Å². The van der Waals surface area contributed by atoms with Gasteiger partial charge in [0.25, 0.3) is 0 Å². The molecule has 0 amide bonds. The first kappa shape index (κ1) is 15.7. The molecule has 1 fully saturated rings. The topological polar surface area (TPSA) is 59.1 Å². The molecule has 122 valence electrons. The Balaban J connectivity index is 1.48. The van der Waals surface area contributed by atoms with Crippen LogP contribution in [0.1, 0.15) is 18.4 Å². The predicted octanol–water partition coefficient (Wildman–Crippen LogP) is 2.86. The molecule has 2 aromatic rings. The molecule has 1 saturated heterocycles. The molecule has 5 nitrogen and oxygen atoms in total. The van der Waals surface area contributed by atoms with Crippen molar-refractivity contribution in [2.24, 2.45) is 0 Å². The van der Waals surface area contributed by atoms with E-state index in [4.69, 9.17) is 4.74 Å². The van der Waals surface area contributed by atoms with Crippen LogP contribution in [0, 0.1) is 5.82 Å². The highest BCUT2D eigenvalue weighted by molar-refractivity contribution is 5.46. The lowest BCUT2D eigenvalue weighted by Gasteiger charge is -2.12. The maximum atomic E-state index is 13.6. The zero-order chi connectivity index (χ0) is 15.9. The second-order valence-corrected chi connectivity index (χ2v) is 5.57. The molecule has 23 heavy (non-hydrogen) atoms. The van der Waals surface area contributed by atoms with Crippen LogP contribution in [0.3, 0.4) is 0 Å². The van der Waals surface area contributed by atoms with Crippen LogP contribution >= 0.6 is 0 Å². The molecule has 1 aromatic carbocycles. The molecule has 2 N–H and O–H groups in total. The number of aromatic nitrogens is 2. The lowest BCUT2D eigenvalue weighted by atomic mass is 10.1. The van der Waals surface area contributed by atoms with Gasteiger partial charge in [-0.25, -0.2) is 14.4 Å². The molecule has 0 bridgehead atoms. The van der Waals surface area contributed by atoms with E-state index < -0.39 is 0 Å². The van der Waals surface area contributed by atoms with Crippen molar-refractivity contribution in [2.45, 2.75) is 25.4 Å². The van der Waals surface area contributed by atoms with Crippen molar-refractivity contribution in [3.8, 4) is 0 Å². The SMILES string of the molecule is Fc1ccccc1CCNc1cc(NCC2CCCO2)ncn1. The molecule has 0 aliphatic carbocycles. The minimum absolute atomic E-state index is 0.170. The van der Waals surface area contributed by atoms with Gasteiger partial charge in [-0.3, -0.25) is 0 Å². The predicted molar refractivity (Wildman–Crippen MR) is 88.1 cm³/mol. The number of rotatable bonds is 7. The zero-order valence-corrected chi connectivity index (χ0v) is 13.0. The van der Waals surface area contributed by atoms with E-state index in [1.165, 1.54) is 12.4 Å². The Morgan fingerprint density at radius 1 is 1.17 bits per heavy atom. The average molecular weight is 316 g/mol. The van der Waals surface area contributed by atoms with Crippen LogP contribution in [0.4, 0.5) is 16.0 Å². The fourth-order valence-corrected chi connectivity index (χ4v) is 2.60. The summed E-state index contributed by atoms with van der Waals surface area (Å²) in [5.41, 5.74) is 0.700. The van der Waals surface area contributed by atoms with Crippen LogP contribution in [0.2, 0.25) is 0 Å². The minimum atomic E-state index is -0.170. The summed E-state index contributed by atoms with van der Waals surface area (Å²) >= 11 is 0. The summed E-state index contributed by atoms with van der Waals surface area (Å²) in [6.07, 6.45) is 4.60. The number of nitrogens with zero attached hydrogens (tertiary/aromatic N) is 2. The number of hydrogen-bond donors (Lipinski definition) is 2. The van der Waals surface area contributed by atoms with Crippen LogP contribution in [-0.2, 0) is 11.2 Å². The molecule has 0 spiro atoms. The Morgan fingerprint density at radius 2 is 2.00 bits per heavy atom. The molecule has 1 aromatic heterocycles. The lowest BCUT2D eigenvalue weighted by Crippen LogP contribution is -2.19. The highest BCUT2D eigenvalue weighted by Gasteiger charge is 2.15. The lowest BCUT2D eigenvalue weighted by molar-refractivity contribution is 0.120. The normalized spacial score (nSPS) is 17.2. The third kappa shape index (κ3) is 4.63. The zero-order valence-electron chi connectivity index (χ0n) is 13.0. The Labute approximate surface area is 135 Å². The molecule has 1 aliphatic heterocycles. The summed E-state index contributed by atoms with van der Waals surface area (Å²) in [5.74, 6) is 1.32. The van der Waals surface area contributed by atoms with Crippen LogP contribution in [-0.4, -0.2) is 35.8 Å². The molecule has 0 saturated carbocycles. The highest BCUT2D eigenvalue weighted by Crippen LogP contribution is 2.14. The number of halogens is 1. The number of ether oxygens (including phenoxy) is 1. The van der Waals surface area contributed by atoms with E-state index in [1.807, 2.05) is 12.1 Å². The van der Waals surface area contributed by atoms with E-state index in [1.54, 1.807) is 12.1 Å². The second kappa shape index (κ2) is 7.87. The Bertz CT molecular complexity index is 631. The molecule has 1 atom stereocenters. The summed E-state index contributed by atoms with van der Waals surface area (Å²) < 4.78 is 19.1. The van der Waals surface area contributed by atoms with Gasteiger partial charge >= 0.3 is 0 Å². The summed E-state index contributed by atoms with van der Waals surface area (Å²) in [5, 5.41) is 6.47. The fraction of sp³-hybridized carbons (Fsp3) is 0.412. The summed E-state index contributed by atoms with van der Waals surface area (Å²) in [6, 6.07) is 8.67. The van der Waals surface area contributed by atoms with Gasteiger partial charge in [0.15, 0.2) is 0 Å². The van der Waals surface area contributed by atoms with E-state index in [2.05, 4.69) is 20.6 Å². The Kier molecular flexibility index (Phi) is 5.37. The van der Waals surface area contributed by atoms with E-state index in [9.17, 15) is 4.39 Å². The van der Waals surface area contributed by atoms with Gasteiger partial charge in [0, 0.05) is 25.8 Å². The first-order valence-electron chi connectivity index (χ1n) is 7.96. The van der Waals surface area contributed by atoms with E-state index in [0.717, 1.165) is 37.6 Å². The minimum Gasteiger partial charge on any atom is -0.376 e. The monoisotopic (exact) mass is 316 g/mol. The van der Waals surface area contributed by atoms with Gasteiger partial charge < -0.3 is 15.4 Å². The fourth-order valence-electron chi connectivity index (χ4n) is 2.60. The maximum Gasteiger partial charge on any atom is 0.131 e. The average Bonchev–Trinajstić information content (AvgIpc) is 3.09. The van der Waals surface area contributed by atoms with Gasteiger partial charge in [-0.05, 0) is 30.9 Å². The Hall–Kier alpha value is -2.21. The Morgan fingerprint density at radius 3 is 2.78 bits per heavy atom. The molecular weight excluding hydrogens is 295 g/mol. The number of benzene rings is 1. The van der Waals surface area contributed by atoms with Crippen LogP contribution < -0.4 is 10.6 Å². The van der Waals surface area contributed by atoms with Crippen LogP contribution in [0.25, 0.3) is 0 Å². The number of nitrogens with one attached hydrogen (secondary N) is 2. The van der Waals surface area contributed by atoms with Crippen molar-refractivity contribution < 1.29 is 9.13 Å². The third-order valence-corrected chi connectivity index (χ3v) is 3.86. The summed E-state index contributed by atoms with van der Waals surface area (Å²) in [7, 11) is 0. The van der Waals surface area contributed by atoms with Gasteiger partial charge in [0.2, 0.25) is 0 Å². The van der Waals surface area contributed by atoms with E-state index in [0.29, 0.717) is 18.5 Å². The summed E-state index contributed by atoms with van der Waals surface area (Å²) in [4.78, 5) is 8.39. The van der Waals surface area contributed by atoms with Crippen LogP contribution in [0.15, 0.2) is 36.7 Å². The quantitative estimate of drug-likeness (QED) is 0.822. The maximum absolute atomic E-state index is 13.6. The molecule has 6 heteroatoms. The molecule has 0 radical (unpaired) electrons. The van der Waals surface area contributed by atoms with E-state index in [-0.39, 0.29) is 11.9 Å². The number of anilines is 2. The summed E-state index contributed by atoms with van der Waals surface area (Å²) in [6.45, 7) is 2.22. The second-order valence-electron chi connectivity index (χ2n) is 5.57. The van der Waals surface area contributed by atoms with E-state index >= 15 is 0 Å². The molecular formula is C17H21FN4O. The van der Waals surface area contributed by atoms with Gasteiger partial charge in [-0.2, -0.15) is 0 Å². The van der Waals surface area contributed by atoms with Gasteiger partial charge in [0.1, 0.15) is 23.8 Å². The first-order valence-corrected chi connectivity index (χ1v) is 7.96. The van der Waals surface area contributed by atoms with Crippen molar-refractivity contribution in [1.29, 1.82) is 0 Å². The largest absolute Gasteiger partial charge is 0.376 e. The molecule has 1 unspecified atom stereocenters. The van der Waals surface area contributed by atoms with Crippen molar-refractivity contribution in [2.75, 3.05) is 30.3 Å². The van der Waals surface area contributed by atoms with Crippen LogP contribution in [0.5, 0.6) is 0 Å². The van der Waals surface area contributed by atoms with Crippen molar-refractivity contribution >= 4 is 11.6 Å². The smallest absolute Gasteiger partial charge is 0.131 e. The molecule has 1 aliphatic rings. The van der Waals surface area contributed by atoms with Gasteiger partial charge in [0.05, 0.1) is 6.10 Å². The molecule has 2 heterocycles. The first-order chi connectivity index (χ1) is 11.3. The van der Waals surface area contributed by atoms with Crippen molar-refractivity contribution in [3.63, 3.8) is 0 Å². The standard InChI is InChI=1S/C17H21FN4O/c18-15-6-2-1-4-13(15)7-8-19-16-10-17(22-12-21-16)20-11-14-5-3-9-23-14/h1-2,4,6,10,12,14H,3,5,7-9,11H2,(H2,19,20,21,22). The number of hydrogen-bond acceptors (Lipinski definition) is 5. The van der Waals surface area contributed by atoms with Gasteiger partial charge in [-0.1, -0.05) is 18.2 Å². The van der Waals surface area contributed by atoms with Gasteiger partial charge in [-0.15, -0.1) is 0 Å². The molecule has 3 rings (SSSR count). The highest BCUT2D eigenvalue weighted by atomic mass is 19.1.